The number of carbonyl (C=O) groups excluding carboxylic acids is 1. The maximum absolute atomic E-state index is 11.0. The van der Waals surface area contributed by atoms with Crippen molar-refractivity contribution < 1.29 is 4.79 Å². The van der Waals surface area contributed by atoms with E-state index in [0.717, 1.165) is 6.42 Å². The number of hydrogen-bond donors (Lipinski definition) is 2. The molecule has 0 aromatic rings. The van der Waals surface area contributed by atoms with Crippen molar-refractivity contribution in [3.05, 3.63) is 0 Å². The molecular weight excluding hydrogens is 152 g/mol. The van der Waals surface area contributed by atoms with Crippen LogP contribution in [0.5, 0.6) is 0 Å². The summed E-state index contributed by atoms with van der Waals surface area (Å²) in [4.78, 5) is 11.0. The third kappa shape index (κ3) is 6.01. The zero-order chi connectivity index (χ0) is 9.56. The van der Waals surface area contributed by atoms with E-state index in [1.54, 1.807) is 0 Å². The summed E-state index contributed by atoms with van der Waals surface area (Å²) in [6.07, 6.45) is 1.02. The van der Waals surface area contributed by atoms with Crippen molar-refractivity contribution in [1.29, 1.82) is 0 Å². The summed E-state index contributed by atoms with van der Waals surface area (Å²) in [6.45, 7) is 8.91. The molecule has 0 radical (unpaired) electrons. The Morgan fingerprint density at radius 3 is 2.33 bits per heavy atom. The van der Waals surface area contributed by atoms with Crippen LogP contribution in [0, 0.1) is 5.92 Å². The molecule has 0 saturated carbocycles. The van der Waals surface area contributed by atoms with Crippen LogP contribution < -0.4 is 10.6 Å². The van der Waals surface area contributed by atoms with E-state index >= 15 is 0 Å². The van der Waals surface area contributed by atoms with Crippen LogP contribution in [-0.2, 0) is 0 Å². The molecule has 3 nitrogen and oxygen atoms in total. The van der Waals surface area contributed by atoms with E-state index in [9.17, 15) is 4.79 Å². The third-order valence-corrected chi connectivity index (χ3v) is 1.54. The van der Waals surface area contributed by atoms with Crippen molar-refractivity contribution in [1.82, 2.24) is 10.6 Å². The number of amides is 2. The summed E-state index contributed by atoms with van der Waals surface area (Å²) >= 11 is 0. The lowest BCUT2D eigenvalue weighted by atomic mass is 10.1. The Hall–Kier alpha value is -0.730. The molecule has 0 saturated heterocycles. The molecule has 0 rings (SSSR count). The molecule has 0 fully saturated rings. The molecule has 1 unspecified atom stereocenters. The van der Waals surface area contributed by atoms with Gasteiger partial charge in [-0.15, -0.1) is 0 Å². The fourth-order valence-corrected chi connectivity index (χ4v) is 1.20. The van der Waals surface area contributed by atoms with E-state index in [-0.39, 0.29) is 12.1 Å². The van der Waals surface area contributed by atoms with Crippen LogP contribution in [0.3, 0.4) is 0 Å². The van der Waals surface area contributed by atoms with Gasteiger partial charge in [-0.1, -0.05) is 13.8 Å². The van der Waals surface area contributed by atoms with Crippen molar-refractivity contribution >= 4 is 6.03 Å². The number of nitrogens with one attached hydrogen (secondary N) is 2. The normalized spacial score (nSPS) is 12.8. The number of carbonyl (C=O) groups is 1. The Bertz CT molecular complexity index is 134. The predicted molar refractivity (Wildman–Crippen MR) is 51.1 cm³/mol. The zero-order valence-electron chi connectivity index (χ0n) is 8.48. The first-order chi connectivity index (χ1) is 5.56. The minimum Gasteiger partial charge on any atom is -0.338 e. The van der Waals surface area contributed by atoms with Crippen molar-refractivity contribution in [2.75, 3.05) is 6.54 Å². The molecule has 0 aromatic carbocycles. The highest BCUT2D eigenvalue weighted by Crippen LogP contribution is 2.02. The van der Waals surface area contributed by atoms with E-state index in [1.165, 1.54) is 0 Å². The van der Waals surface area contributed by atoms with E-state index in [0.29, 0.717) is 12.5 Å². The lowest BCUT2D eigenvalue weighted by molar-refractivity contribution is 0.236. The maximum atomic E-state index is 11.0. The summed E-state index contributed by atoms with van der Waals surface area (Å²) in [6, 6.07) is 0.196. The highest BCUT2D eigenvalue weighted by molar-refractivity contribution is 5.73. The van der Waals surface area contributed by atoms with Gasteiger partial charge in [0.15, 0.2) is 0 Å². The van der Waals surface area contributed by atoms with Crippen LogP contribution in [0.1, 0.15) is 34.1 Å². The summed E-state index contributed by atoms with van der Waals surface area (Å²) in [5.74, 6) is 0.627. The Morgan fingerprint density at radius 1 is 1.33 bits per heavy atom. The molecule has 2 N–H and O–H groups in total. The monoisotopic (exact) mass is 172 g/mol. The van der Waals surface area contributed by atoms with E-state index in [1.807, 2.05) is 13.8 Å². The molecule has 1 atom stereocenters. The van der Waals surface area contributed by atoms with Gasteiger partial charge in [0.25, 0.3) is 0 Å². The lowest BCUT2D eigenvalue weighted by Gasteiger charge is -2.15. The van der Waals surface area contributed by atoms with Gasteiger partial charge in [0.1, 0.15) is 0 Å². The van der Waals surface area contributed by atoms with Gasteiger partial charge in [0.2, 0.25) is 0 Å². The number of urea groups is 1. The predicted octanol–water partition coefficient (Wildman–Crippen LogP) is 1.74. The van der Waals surface area contributed by atoms with Crippen LogP contribution in [0.2, 0.25) is 0 Å². The first kappa shape index (κ1) is 11.3. The molecule has 0 aliphatic rings. The maximum Gasteiger partial charge on any atom is 0.314 e. The fourth-order valence-electron chi connectivity index (χ4n) is 1.20. The summed E-state index contributed by atoms with van der Waals surface area (Å²) < 4.78 is 0. The van der Waals surface area contributed by atoms with E-state index in [2.05, 4.69) is 24.5 Å². The quantitative estimate of drug-likeness (QED) is 0.666. The van der Waals surface area contributed by atoms with Gasteiger partial charge in [0, 0.05) is 12.6 Å². The Kier molecular flexibility index (Phi) is 5.51. The first-order valence-corrected chi connectivity index (χ1v) is 4.60. The molecule has 0 heterocycles. The average molecular weight is 172 g/mol. The smallest absolute Gasteiger partial charge is 0.314 e. The topological polar surface area (TPSA) is 41.1 Å². The fraction of sp³-hybridized carbons (Fsp3) is 0.889. The zero-order valence-corrected chi connectivity index (χ0v) is 8.48. The van der Waals surface area contributed by atoms with Crippen LogP contribution in [0.15, 0.2) is 0 Å². The SMILES string of the molecule is CCNC(=O)NC(C)CC(C)C. The van der Waals surface area contributed by atoms with Gasteiger partial charge >= 0.3 is 6.03 Å². The number of rotatable bonds is 4. The van der Waals surface area contributed by atoms with Gasteiger partial charge in [-0.25, -0.2) is 4.79 Å². The average Bonchev–Trinajstić information content (AvgIpc) is 1.84. The molecule has 0 aliphatic carbocycles. The van der Waals surface area contributed by atoms with Crippen molar-refractivity contribution in [2.24, 2.45) is 5.92 Å². The van der Waals surface area contributed by atoms with Gasteiger partial charge in [-0.3, -0.25) is 0 Å². The van der Waals surface area contributed by atoms with Gasteiger partial charge in [-0.05, 0) is 26.2 Å². The van der Waals surface area contributed by atoms with E-state index < -0.39 is 0 Å². The highest BCUT2D eigenvalue weighted by Gasteiger charge is 2.06. The Labute approximate surface area is 74.9 Å². The largest absolute Gasteiger partial charge is 0.338 e. The molecule has 3 heteroatoms. The summed E-state index contributed by atoms with van der Waals surface area (Å²) in [7, 11) is 0. The molecule has 0 aromatic heterocycles. The Balaban J connectivity index is 3.54. The van der Waals surface area contributed by atoms with Gasteiger partial charge in [0.05, 0.1) is 0 Å². The second kappa shape index (κ2) is 5.86. The van der Waals surface area contributed by atoms with E-state index in [4.69, 9.17) is 0 Å². The van der Waals surface area contributed by atoms with Crippen LogP contribution >= 0.6 is 0 Å². The lowest BCUT2D eigenvalue weighted by Crippen LogP contribution is -2.41. The molecule has 0 aliphatic heterocycles. The third-order valence-electron chi connectivity index (χ3n) is 1.54. The van der Waals surface area contributed by atoms with Crippen molar-refractivity contribution in [3.8, 4) is 0 Å². The van der Waals surface area contributed by atoms with Crippen LogP contribution in [0.25, 0.3) is 0 Å². The van der Waals surface area contributed by atoms with Gasteiger partial charge in [-0.2, -0.15) is 0 Å². The molecule has 72 valence electrons. The minimum absolute atomic E-state index is 0.0642. The summed E-state index contributed by atoms with van der Waals surface area (Å²) in [5.41, 5.74) is 0. The van der Waals surface area contributed by atoms with Crippen molar-refractivity contribution in [3.63, 3.8) is 0 Å². The second-order valence-electron chi connectivity index (χ2n) is 3.53. The van der Waals surface area contributed by atoms with Gasteiger partial charge < -0.3 is 10.6 Å². The Morgan fingerprint density at radius 2 is 1.92 bits per heavy atom. The minimum atomic E-state index is -0.0642. The molecule has 2 amide bonds. The van der Waals surface area contributed by atoms with Crippen molar-refractivity contribution in [2.45, 2.75) is 40.2 Å². The van der Waals surface area contributed by atoms with Crippen LogP contribution in [0.4, 0.5) is 4.79 Å². The molecule has 12 heavy (non-hydrogen) atoms. The molecule has 0 spiro atoms. The molecule has 0 bridgehead atoms. The highest BCUT2D eigenvalue weighted by atomic mass is 16.2. The second-order valence-corrected chi connectivity index (χ2v) is 3.53. The summed E-state index contributed by atoms with van der Waals surface area (Å²) in [5, 5.41) is 5.56. The molecular formula is C9H20N2O. The first-order valence-electron chi connectivity index (χ1n) is 4.60. The van der Waals surface area contributed by atoms with Crippen LogP contribution in [-0.4, -0.2) is 18.6 Å². The standard InChI is InChI=1S/C9H20N2O/c1-5-10-9(12)11-8(4)6-7(2)3/h7-8H,5-6H2,1-4H3,(H2,10,11,12). The number of hydrogen-bond acceptors (Lipinski definition) is 1.